The van der Waals surface area contributed by atoms with E-state index in [0.717, 1.165) is 43.5 Å². The van der Waals surface area contributed by atoms with E-state index in [0.29, 0.717) is 0 Å². The van der Waals surface area contributed by atoms with E-state index in [1.807, 2.05) is 12.4 Å². The van der Waals surface area contributed by atoms with Crippen LogP contribution in [0.25, 0.3) is 0 Å². The molecule has 0 saturated heterocycles. The first-order chi connectivity index (χ1) is 8.04. The lowest BCUT2D eigenvalue weighted by Gasteiger charge is -2.40. The minimum Gasteiger partial charge on any atom is -0.335 e. The SMILES string of the molecule is CCn1ccnc1CC1(N)CCC(C)C(C)C1. The van der Waals surface area contributed by atoms with E-state index in [9.17, 15) is 0 Å². The number of nitrogens with zero attached hydrogens (tertiary/aromatic N) is 2. The molecule has 1 fully saturated rings. The third-order valence-corrected chi connectivity index (χ3v) is 4.45. The van der Waals surface area contributed by atoms with Crippen LogP contribution in [0.2, 0.25) is 0 Å². The molecule has 3 nitrogen and oxygen atoms in total. The van der Waals surface area contributed by atoms with Crippen molar-refractivity contribution in [2.45, 2.75) is 58.5 Å². The van der Waals surface area contributed by atoms with Gasteiger partial charge < -0.3 is 10.3 Å². The summed E-state index contributed by atoms with van der Waals surface area (Å²) in [4.78, 5) is 4.45. The minimum atomic E-state index is -0.0375. The van der Waals surface area contributed by atoms with Gasteiger partial charge in [0.1, 0.15) is 5.82 Å². The average Bonchev–Trinajstić information content (AvgIpc) is 2.71. The Labute approximate surface area is 104 Å². The average molecular weight is 235 g/mol. The van der Waals surface area contributed by atoms with Crippen molar-refractivity contribution in [2.75, 3.05) is 0 Å². The second-order valence-electron chi connectivity index (χ2n) is 5.87. The molecule has 1 saturated carbocycles. The predicted octanol–water partition coefficient (Wildman–Crippen LogP) is 2.60. The lowest BCUT2D eigenvalue weighted by Crippen LogP contribution is -2.48. The molecule has 0 amide bonds. The number of aryl methyl sites for hydroxylation is 1. The van der Waals surface area contributed by atoms with Crippen LogP contribution >= 0.6 is 0 Å². The van der Waals surface area contributed by atoms with Crippen molar-refractivity contribution < 1.29 is 0 Å². The first-order valence-electron chi connectivity index (χ1n) is 6.83. The smallest absolute Gasteiger partial charge is 0.110 e. The highest BCUT2D eigenvalue weighted by molar-refractivity contribution is 5.03. The molecule has 3 atom stereocenters. The molecule has 1 aliphatic rings. The summed E-state index contributed by atoms with van der Waals surface area (Å²) in [5.74, 6) is 2.70. The zero-order valence-electron chi connectivity index (χ0n) is 11.3. The maximum Gasteiger partial charge on any atom is 0.110 e. The number of nitrogens with two attached hydrogens (primary N) is 1. The Morgan fingerprint density at radius 3 is 2.88 bits per heavy atom. The molecule has 0 aromatic carbocycles. The van der Waals surface area contributed by atoms with Gasteiger partial charge in [0.15, 0.2) is 0 Å². The van der Waals surface area contributed by atoms with Crippen LogP contribution in [0.5, 0.6) is 0 Å². The van der Waals surface area contributed by atoms with Gasteiger partial charge in [-0.2, -0.15) is 0 Å². The summed E-state index contributed by atoms with van der Waals surface area (Å²) in [5, 5.41) is 0. The standard InChI is InChI=1S/C14H25N3/c1-4-17-8-7-16-13(17)10-14(15)6-5-11(2)12(3)9-14/h7-8,11-12H,4-6,9-10,15H2,1-3H3. The molecule has 1 aliphatic carbocycles. The summed E-state index contributed by atoms with van der Waals surface area (Å²) >= 11 is 0. The van der Waals surface area contributed by atoms with Crippen molar-refractivity contribution in [3.8, 4) is 0 Å². The quantitative estimate of drug-likeness (QED) is 0.875. The van der Waals surface area contributed by atoms with E-state index in [1.165, 1.54) is 6.42 Å². The van der Waals surface area contributed by atoms with E-state index in [4.69, 9.17) is 5.73 Å². The van der Waals surface area contributed by atoms with Crippen molar-refractivity contribution >= 4 is 0 Å². The predicted molar refractivity (Wildman–Crippen MR) is 70.7 cm³/mol. The summed E-state index contributed by atoms with van der Waals surface area (Å²) in [6.07, 6.45) is 8.37. The minimum absolute atomic E-state index is 0.0375. The van der Waals surface area contributed by atoms with Gasteiger partial charge in [0.05, 0.1) is 0 Å². The molecule has 17 heavy (non-hydrogen) atoms. The van der Waals surface area contributed by atoms with Gasteiger partial charge in [-0.15, -0.1) is 0 Å². The molecule has 3 heteroatoms. The summed E-state index contributed by atoms with van der Waals surface area (Å²) in [6, 6.07) is 0. The molecular weight excluding hydrogens is 210 g/mol. The Kier molecular flexibility index (Phi) is 3.57. The van der Waals surface area contributed by atoms with Gasteiger partial charge in [-0.25, -0.2) is 4.98 Å². The molecule has 2 rings (SSSR count). The summed E-state index contributed by atoms with van der Waals surface area (Å²) in [7, 11) is 0. The van der Waals surface area contributed by atoms with Gasteiger partial charge >= 0.3 is 0 Å². The monoisotopic (exact) mass is 235 g/mol. The van der Waals surface area contributed by atoms with Crippen LogP contribution in [-0.2, 0) is 13.0 Å². The molecule has 0 aliphatic heterocycles. The van der Waals surface area contributed by atoms with Crippen LogP contribution in [0.3, 0.4) is 0 Å². The molecule has 2 N–H and O–H groups in total. The number of aromatic nitrogens is 2. The van der Waals surface area contributed by atoms with Crippen molar-refractivity contribution in [1.82, 2.24) is 9.55 Å². The highest BCUT2D eigenvalue weighted by atomic mass is 15.1. The Morgan fingerprint density at radius 1 is 1.47 bits per heavy atom. The summed E-state index contributed by atoms with van der Waals surface area (Å²) in [6.45, 7) is 7.81. The second-order valence-corrected chi connectivity index (χ2v) is 5.87. The fraction of sp³-hybridized carbons (Fsp3) is 0.786. The topological polar surface area (TPSA) is 43.8 Å². The first kappa shape index (κ1) is 12.6. The largest absolute Gasteiger partial charge is 0.335 e. The third kappa shape index (κ3) is 2.71. The van der Waals surface area contributed by atoms with Crippen molar-refractivity contribution in [3.63, 3.8) is 0 Å². The third-order valence-electron chi connectivity index (χ3n) is 4.45. The van der Waals surface area contributed by atoms with E-state index in [2.05, 4.69) is 30.3 Å². The van der Waals surface area contributed by atoms with Gasteiger partial charge in [0.25, 0.3) is 0 Å². The van der Waals surface area contributed by atoms with E-state index < -0.39 is 0 Å². The Bertz CT molecular complexity index is 371. The Balaban J connectivity index is 2.07. The molecule has 0 spiro atoms. The maximum atomic E-state index is 6.57. The molecule has 3 unspecified atom stereocenters. The fourth-order valence-electron chi connectivity index (χ4n) is 3.01. The number of hydrogen-bond donors (Lipinski definition) is 1. The van der Waals surface area contributed by atoms with Crippen LogP contribution in [0.15, 0.2) is 12.4 Å². The normalized spacial score (nSPS) is 33.9. The molecule has 0 bridgehead atoms. The molecule has 96 valence electrons. The van der Waals surface area contributed by atoms with Gasteiger partial charge in [0.2, 0.25) is 0 Å². The van der Waals surface area contributed by atoms with Gasteiger partial charge in [-0.3, -0.25) is 0 Å². The Hall–Kier alpha value is -0.830. The van der Waals surface area contributed by atoms with Gasteiger partial charge in [-0.05, 0) is 38.0 Å². The zero-order valence-corrected chi connectivity index (χ0v) is 11.3. The zero-order chi connectivity index (χ0) is 12.5. The molecule has 1 aromatic heterocycles. The number of hydrogen-bond acceptors (Lipinski definition) is 2. The summed E-state index contributed by atoms with van der Waals surface area (Å²) in [5.41, 5.74) is 6.54. The fourth-order valence-corrected chi connectivity index (χ4v) is 3.01. The molecule has 1 heterocycles. The van der Waals surface area contributed by atoms with Crippen molar-refractivity contribution in [2.24, 2.45) is 17.6 Å². The van der Waals surface area contributed by atoms with Crippen LogP contribution in [0.4, 0.5) is 0 Å². The van der Waals surface area contributed by atoms with E-state index in [-0.39, 0.29) is 5.54 Å². The van der Waals surface area contributed by atoms with Crippen LogP contribution < -0.4 is 5.73 Å². The lowest BCUT2D eigenvalue weighted by atomic mass is 9.70. The molecule has 1 aromatic rings. The van der Waals surface area contributed by atoms with Crippen LogP contribution in [0.1, 0.15) is 45.9 Å². The van der Waals surface area contributed by atoms with Crippen LogP contribution in [-0.4, -0.2) is 15.1 Å². The number of rotatable bonds is 3. The second kappa shape index (κ2) is 4.81. The van der Waals surface area contributed by atoms with Crippen molar-refractivity contribution in [3.05, 3.63) is 18.2 Å². The van der Waals surface area contributed by atoms with Crippen molar-refractivity contribution in [1.29, 1.82) is 0 Å². The first-order valence-corrected chi connectivity index (χ1v) is 6.83. The Morgan fingerprint density at radius 2 is 2.24 bits per heavy atom. The van der Waals surface area contributed by atoms with E-state index in [1.54, 1.807) is 0 Å². The molecular formula is C14H25N3. The highest BCUT2D eigenvalue weighted by Gasteiger charge is 2.35. The van der Waals surface area contributed by atoms with Gasteiger partial charge in [0, 0.05) is 30.9 Å². The highest BCUT2D eigenvalue weighted by Crippen LogP contribution is 2.36. The molecule has 0 radical (unpaired) electrons. The van der Waals surface area contributed by atoms with E-state index >= 15 is 0 Å². The van der Waals surface area contributed by atoms with Crippen LogP contribution in [0, 0.1) is 11.8 Å². The summed E-state index contributed by atoms with van der Waals surface area (Å²) < 4.78 is 2.21. The van der Waals surface area contributed by atoms with Gasteiger partial charge in [-0.1, -0.05) is 13.8 Å². The maximum absolute atomic E-state index is 6.57. The lowest BCUT2D eigenvalue weighted by molar-refractivity contribution is 0.173. The number of imidazole rings is 1.